The van der Waals surface area contributed by atoms with E-state index in [1.165, 1.54) is 0 Å². The number of carbonyl (C=O) groups excluding carboxylic acids is 1. The first-order valence-electron chi connectivity index (χ1n) is 9.12. The molecule has 0 fully saturated rings. The SMILES string of the molecule is COc1ccc2cc([C@H](C)C(=O)NCc3ccc(OC)c(OC)c3)ccc2c1. The number of amides is 1. The molecular weight excluding hydrogens is 354 g/mol. The first kappa shape index (κ1) is 19.5. The summed E-state index contributed by atoms with van der Waals surface area (Å²) >= 11 is 0. The van der Waals surface area contributed by atoms with Crippen molar-refractivity contribution in [3.8, 4) is 17.2 Å². The van der Waals surface area contributed by atoms with Gasteiger partial charge in [-0.1, -0.05) is 30.3 Å². The smallest absolute Gasteiger partial charge is 0.227 e. The van der Waals surface area contributed by atoms with E-state index < -0.39 is 0 Å². The van der Waals surface area contributed by atoms with Gasteiger partial charge in [0.25, 0.3) is 0 Å². The lowest BCUT2D eigenvalue weighted by Crippen LogP contribution is -2.27. The van der Waals surface area contributed by atoms with Gasteiger partial charge in [0.15, 0.2) is 11.5 Å². The van der Waals surface area contributed by atoms with Gasteiger partial charge in [-0.3, -0.25) is 4.79 Å². The molecule has 1 amide bonds. The quantitative estimate of drug-likeness (QED) is 0.665. The van der Waals surface area contributed by atoms with Crippen LogP contribution in [0.4, 0.5) is 0 Å². The maximum atomic E-state index is 12.6. The van der Waals surface area contributed by atoms with Gasteiger partial charge in [-0.25, -0.2) is 0 Å². The molecule has 5 heteroatoms. The average Bonchev–Trinajstić information content (AvgIpc) is 2.75. The van der Waals surface area contributed by atoms with E-state index in [-0.39, 0.29) is 11.8 Å². The highest BCUT2D eigenvalue weighted by molar-refractivity contribution is 5.88. The van der Waals surface area contributed by atoms with Crippen molar-refractivity contribution in [1.82, 2.24) is 5.32 Å². The summed E-state index contributed by atoms with van der Waals surface area (Å²) in [4.78, 5) is 12.6. The van der Waals surface area contributed by atoms with Crippen LogP contribution in [0.15, 0.2) is 54.6 Å². The molecule has 1 atom stereocenters. The Morgan fingerprint density at radius 1 is 0.857 bits per heavy atom. The van der Waals surface area contributed by atoms with E-state index in [0.29, 0.717) is 18.0 Å². The Bertz CT molecular complexity index is 983. The topological polar surface area (TPSA) is 56.8 Å². The number of rotatable bonds is 7. The normalized spacial score (nSPS) is 11.7. The molecule has 0 aliphatic rings. The van der Waals surface area contributed by atoms with Gasteiger partial charge in [-0.05, 0) is 53.1 Å². The van der Waals surface area contributed by atoms with Crippen LogP contribution in [0.5, 0.6) is 17.2 Å². The minimum Gasteiger partial charge on any atom is -0.497 e. The zero-order valence-corrected chi connectivity index (χ0v) is 16.6. The van der Waals surface area contributed by atoms with Crippen molar-refractivity contribution in [3.63, 3.8) is 0 Å². The van der Waals surface area contributed by atoms with E-state index in [0.717, 1.165) is 27.6 Å². The Morgan fingerprint density at radius 3 is 2.29 bits per heavy atom. The van der Waals surface area contributed by atoms with E-state index >= 15 is 0 Å². The van der Waals surface area contributed by atoms with Gasteiger partial charge in [0.1, 0.15) is 5.75 Å². The molecular formula is C23H25NO4. The summed E-state index contributed by atoms with van der Waals surface area (Å²) in [5, 5.41) is 5.16. The van der Waals surface area contributed by atoms with E-state index in [2.05, 4.69) is 11.4 Å². The number of methoxy groups -OCH3 is 3. The maximum absolute atomic E-state index is 12.6. The molecule has 3 rings (SSSR count). The molecule has 3 aromatic carbocycles. The fourth-order valence-corrected chi connectivity index (χ4v) is 3.12. The van der Waals surface area contributed by atoms with Crippen LogP contribution in [0.1, 0.15) is 24.0 Å². The second-order valence-corrected chi connectivity index (χ2v) is 6.60. The number of hydrogen-bond acceptors (Lipinski definition) is 4. The summed E-state index contributed by atoms with van der Waals surface area (Å²) in [6, 6.07) is 17.6. The molecule has 0 saturated carbocycles. The number of carbonyl (C=O) groups is 1. The van der Waals surface area contributed by atoms with Crippen molar-refractivity contribution in [1.29, 1.82) is 0 Å². The first-order valence-corrected chi connectivity index (χ1v) is 9.12. The summed E-state index contributed by atoms with van der Waals surface area (Å²) in [5.74, 6) is 1.85. The summed E-state index contributed by atoms with van der Waals surface area (Å²) in [6.45, 7) is 2.34. The second-order valence-electron chi connectivity index (χ2n) is 6.60. The molecule has 3 aromatic rings. The van der Waals surface area contributed by atoms with Gasteiger partial charge >= 0.3 is 0 Å². The molecule has 0 spiro atoms. The van der Waals surface area contributed by atoms with Gasteiger partial charge < -0.3 is 19.5 Å². The summed E-state index contributed by atoms with van der Waals surface area (Å²) in [7, 11) is 4.85. The van der Waals surface area contributed by atoms with E-state index in [4.69, 9.17) is 14.2 Å². The Hall–Kier alpha value is -3.21. The molecule has 146 valence electrons. The lowest BCUT2D eigenvalue weighted by Gasteiger charge is -2.15. The molecule has 1 N–H and O–H groups in total. The third-order valence-corrected chi connectivity index (χ3v) is 4.88. The molecule has 0 radical (unpaired) electrons. The molecule has 0 unspecified atom stereocenters. The van der Waals surface area contributed by atoms with Crippen LogP contribution in [-0.2, 0) is 11.3 Å². The lowest BCUT2D eigenvalue weighted by molar-refractivity contribution is -0.122. The minimum atomic E-state index is -0.258. The monoisotopic (exact) mass is 379 g/mol. The van der Waals surface area contributed by atoms with Gasteiger partial charge in [0.05, 0.1) is 27.2 Å². The van der Waals surface area contributed by atoms with Crippen molar-refractivity contribution >= 4 is 16.7 Å². The Morgan fingerprint density at radius 2 is 1.57 bits per heavy atom. The van der Waals surface area contributed by atoms with Crippen LogP contribution >= 0.6 is 0 Å². The number of fused-ring (bicyclic) bond motifs is 1. The lowest BCUT2D eigenvalue weighted by atomic mass is 9.97. The second kappa shape index (κ2) is 8.65. The van der Waals surface area contributed by atoms with Crippen LogP contribution < -0.4 is 19.5 Å². The third-order valence-electron chi connectivity index (χ3n) is 4.88. The van der Waals surface area contributed by atoms with Gasteiger partial charge in [0.2, 0.25) is 5.91 Å². The molecule has 0 aliphatic carbocycles. The van der Waals surface area contributed by atoms with Gasteiger partial charge in [-0.2, -0.15) is 0 Å². The van der Waals surface area contributed by atoms with Crippen LogP contribution in [0, 0.1) is 0 Å². The summed E-state index contributed by atoms with van der Waals surface area (Å²) in [6.07, 6.45) is 0. The predicted molar refractivity (Wildman–Crippen MR) is 110 cm³/mol. The zero-order chi connectivity index (χ0) is 20.1. The standard InChI is InChI=1S/C23H25NO4/c1-15(17-6-7-19-13-20(26-2)9-8-18(19)12-17)23(25)24-14-16-5-10-21(27-3)22(11-16)28-4/h5-13,15H,14H2,1-4H3,(H,24,25)/t15-/m0/s1. The highest BCUT2D eigenvalue weighted by atomic mass is 16.5. The average molecular weight is 379 g/mol. The Labute approximate surface area is 165 Å². The van der Waals surface area contributed by atoms with Gasteiger partial charge in [-0.15, -0.1) is 0 Å². The molecule has 0 aliphatic heterocycles. The fourth-order valence-electron chi connectivity index (χ4n) is 3.12. The highest BCUT2D eigenvalue weighted by Crippen LogP contribution is 2.28. The molecule has 0 bridgehead atoms. The molecule has 28 heavy (non-hydrogen) atoms. The first-order chi connectivity index (χ1) is 13.5. The van der Waals surface area contributed by atoms with Crippen LogP contribution in [0.3, 0.4) is 0 Å². The van der Waals surface area contributed by atoms with Gasteiger partial charge in [0, 0.05) is 6.54 Å². The van der Waals surface area contributed by atoms with Crippen molar-refractivity contribution in [2.45, 2.75) is 19.4 Å². The predicted octanol–water partition coefficient (Wildman–Crippen LogP) is 4.29. The fraction of sp³-hybridized carbons (Fsp3) is 0.261. The Balaban J connectivity index is 1.69. The number of benzene rings is 3. The van der Waals surface area contributed by atoms with Crippen molar-refractivity contribution in [2.24, 2.45) is 0 Å². The maximum Gasteiger partial charge on any atom is 0.227 e. The molecule has 5 nitrogen and oxygen atoms in total. The van der Waals surface area contributed by atoms with Crippen LogP contribution in [-0.4, -0.2) is 27.2 Å². The third kappa shape index (κ3) is 4.19. The van der Waals surface area contributed by atoms with Crippen molar-refractivity contribution < 1.29 is 19.0 Å². The number of ether oxygens (including phenoxy) is 3. The Kier molecular flexibility index (Phi) is 6.04. The number of nitrogens with one attached hydrogen (secondary N) is 1. The van der Waals surface area contributed by atoms with E-state index in [9.17, 15) is 4.79 Å². The van der Waals surface area contributed by atoms with Crippen LogP contribution in [0.2, 0.25) is 0 Å². The molecule has 0 saturated heterocycles. The highest BCUT2D eigenvalue weighted by Gasteiger charge is 2.16. The largest absolute Gasteiger partial charge is 0.497 e. The number of hydrogen-bond donors (Lipinski definition) is 1. The van der Waals surface area contributed by atoms with E-state index in [1.54, 1.807) is 21.3 Å². The van der Waals surface area contributed by atoms with Crippen LogP contribution in [0.25, 0.3) is 10.8 Å². The molecule has 0 aromatic heterocycles. The summed E-state index contributed by atoms with van der Waals surface area (Å²) in [5.41, 5.74) is 1.92. The zero-order valence-electron chi connectivity index (χ0n) is 16.6. The van der Waals surface area contributed by atoms with Crippen molar-refractivity contribution in [2.75, 3.05) is 21.3 Å². The van der Waals surface area contributed by atoms with Crippen molar-refractivity contribution in [3.05, 3.63) is 65.7 Å². The summed E-state index contributed by atoms with van der Waals surface area (Å²) < 4.78 is 15.8. The minimum absolute atomic E-state index is 0.0253. The van der Waals surface area contributed by atoms with E-state index in [1.807, 2.05) is 55.5 Å². The molecule has 0 heterocycles.